The van der Waals surface area contributed by atoms with Gasteiger partial charge in [-0.25, -0.2) is 0 Å². The highest BCUT2D eigenvalue weighted by Gasteiger charge is 1.97. The molecule has 0 bridgehead atoms. The van der Waals surface area contributed by atoms with Gasteiger partial charge in [-0.3, -0.25) is 4.98 Å². The Labute approximate surface area is 94.3 Å². The summed E-state index contributed by atoms with van der Waals surface area (Å²) in [5.74, 6) is 1.55. The highest BCUT2D eigenvalue weighted by Crippen LogP contribution is 2.20. The molecule has 0 saturated heterocycles. The van der Waals surface area contributed by atoms with Crippen molar-refractivity contribution in [2.75, 3.05) is 6.61 Å². The molecule has 3 heteroatoms. The zero-order valence-electron chi connectivity index (χ0n) is 8.84. The van der Waals surface area contributed by atoms with Crippen molar-refractivity contribution in [3.63, 3.8) is 0 Å². The van der Waals surface area contributed by atoms with Crippen molar-refractivity contribution in [3.05, 3.63) is 54.4 Å². The molecule has 2 rings (SSSR count). The minimum Gasteiger partial charge on any atom is -0.457 e. The second-order valence-corrected chi connectivity index (χ2v) is 3.40. The lowest BCUT2D eigenvalue weighted by atomic mass is 10.1. The van der Waals surface area contributed by atoms with Crippen LogP contribution in [-0.4, -0.2) is 16.7 Å². The molecule has 0 fully saturated rings. The summed E-state index contributed by atoms with van der Waals surface area (Å²) in [6.07, 6.45) is 4.06. The van der Waals surface area contributed by atoms with E-state index >= 15 is 0 Å². The van der Waals surface area contributed by atoms with Crippen molar-refractivity contribution < 1.29 is 9.84 Å². The Bertz CT molecular complexity index is 425. The average molecular weight is 215 g/mol. The molecule has 0 saturated carbocycles. The Morgan fingerprint density at radius 1 is 0.938 bits per heavy atom. The maximum Gasteiger partial charge on any atom is 0.130 e. The van der Waals surface area contributed by atoms with Crippen LogP contribution in [0.2, 0.25) is 0 Å². The first-order chi connectivity index (χ1) is 7.88. The average Bonchev–Trinajstić information content (AvgIpc) is 2.33. The Hall–Kier alpha value is -1.87. The number of hydrogen-bond acceptors (Lipinski definition) is 3. The molecule has 1 heterocycles. The van der Waals surface area contributed by atoms with Gasteiger partial charge in [-0.15, -0.1) is 0 Å². The zero-order valence-corrected chi connectivity index (χ0v) is 8.84. The Morgan fingerprint density at radius 3 is 2.19 bits per heavy atom. The van der Waals surface area contributed by atoms with Crippen LogP contribution in [0, 0.1) is 0 Å². The third-order valence-electron chi connectivity index (χ3n) is 2.21. The number of aliphatic hydroxyl groups excluding tert-OH is 1. The molecule has 1 N–H and O–H groups in total. The molecule has 0 radical (unpaired) electrons. The van der Waals surface area contributed by atoms with Crippen LogP contribution in [0.5, 0.6) is 11.5 Å². The summed E-state index contributed by atoms with van der Waals surface area (Å²) in [7, 11) is 0. The van der Waals surface area contributed by atoms with Gasteiger partial charge in [-0.1, -0.05) is 12.1 Å². The zero-order chi connectivity index (χ0) is 11.2. The lowest BCUT2D eigenvalue weighted by Gasteiger charge is -2.05. The summed E-state index contributed by atoms with van der Waals surface area (Å²) >= 11 is 0. The van der Waals surface area contributed by atoms with E-state index in [9.17, 15) is 0 Å². The molecule has 0 amide bonds. The van der Waals surface area contributed by atoms with Crippen LogP contribution >= 0.6 is 0 Å². The summed E-state index contributed by atoms with van der Waals surface area (Å²) in [5.41, 5.74) is 1.10. The lowest BCUT2D eigenvalue weighted by Crippen LogP contribution is -1.90. The Morgan fingerprint density at radius 2 is 1.56 bits per heavy atom. The van der Waals surface area contributed by atoms with E-state index in [0.29, 0.717) is 6.42 Å². The molecular formula is C13H13NO2. The van der Waals surface area contributed by atoms with Crippen LogP contribution in [-0.2, 0) is 6.42 Å². The topological polar surface area (TPSA) is 42.4 Å². The van der Waals surface area contributed by atoms with Gasteiger partial charge in [-0.2, -0.15) is 0 Å². The van der Waals surface area contributed by atoms with E-state index in [1.807, 2.05) is 36.4 Å². The number of pyridine rings is 1. The number of hydrogen-bond donors (Lipinski definition) is 1. The first kappa shape index (κ1) is 10.6. The smallest absolute Gasteiger partial charge is 0.130 e. The molecule has 16 heavy (non-hydrogen) atoms. The number of aromatic nitrogens is 1. The van der Waals surface area contributed by atoms with Gasteiger partial charge in [0, 0.05) is 19.0 Å². The first-order valence-corrected chi connectivity index (χ1v) is 5.16. The molecule has 0 spiro atoms. The third-order valence-corrected chi connectivity index (χ3v) is 2.21. The number of nitrogens with zero attached hydrogens (tertiary/aromatic N) is 1. The number of rotatable bonds is 4. The molecule has 3 nitrogen and oxygen atoms in total. The van der Waals surface area contributed by atoms with Crippen molar-refractivity contribution >= 4 is 0 Å². The number of ether oxygens (including phenoxy) is 1. The number of aliphatic hydroxyl groups is 1. The first-order valence-electron chi connectivity index (χ1n) is 5.16. The number of benzene rings is 1. The van der Waals surface area contributed by atoms with Crippen LogP contribution < -0.4 is 4.74 Å². The van der Waals surface area contributed by atoms with Gasteiger partial charge >= 0.3 is 0 Å². The summed E-state index contributed by atoms with van der Waals surface area (Å²) in [6.45, 7) is 0.171. The highest BCUT2D eigenvalue weighted by atomic mass is 16.5. The SMILES string of the molecule is OCCc1ccc(Oc2ccncc2)cc1. The summed E-state index contributed by atoms with van der Waals surface area (Å²) in [6, 6.07) is 11.3. The predicted octanol–water partition coefficient (Wildman–Crippen LogP) is 2.41. The van der Waals surface area contributed by atoms with Crippen molar-refractivity contribution in [3.8, 4) is 11.5 Å². The molecule has 1 aromatic carbocycles. The molecule has 0 unspecified atom stereocenters. The van der Waals surface area contributed by atoms with E-state index in [4.69, 9.17) is 9.84 Å². The summed E-state index contributed by atoms with van der Waals surface area (Å²) in [4.78, 5) is 3.92. The van der Waals surface area contributed by atoms with Crippen LogP contribution in [0.15, 0.2) is 48.8 Å². The predicted molar refractivity (Wildman–Crippen MR) is 61.5 cm³/mol. The maximum atomic E-state index is 8.79. The molecule has 0 aliphatic rings. The largest absolute Gasteiger partial charge is 0.457 e. The van der Waals surface area contributed by atoms with Crippen molar-refractivity contribution in [2.24, 2.45) is 0 Å². The fraction of sp³-hybridized carbons (Fsp3) is 0.154. The molecule has 1 aromatic heterocycles. The van der Waals surface area contributed by atoms with Gasteiger partial charge in [0.1, 0.15) is 11.5 Å². The molecule has 0 atom stereocenters. The van der Waals surface area contributed by atoms with Gasteiger partial charge in [0.2, 0.25) is 0 Å². The summed E-state index contributed by atoms with van der Waals surface area (Å²) < 4.78 is 5.61. The van der Waals surface area contributed by atoms with E-state index in [1.165, 1.54) is 0 Å². The second-order valence-electron chi connectivity index (χ2n) is 3.40. The van der Waals surface area contributed by atoms with Crippen LogP contribution in [0.25, 0.3) is 0 Å². The quantitative estimate of drug-likeness (QED) is 0.851. The van der Waals surface area contributed by atoms with Crippen molar-refractivity contribution in [1.82, 2.24) is 4.98 Å². The Balaban J connectivity index is 2.05. The van der Waals surface area contributed by atoms with Gasteiger partial charge < -0.3 is 9.84 Å². The van der Waals surface area contributed by atoms with E-state index in [0.717, 1.165) is 17.1 Å². The standard InChI is InChI=1S/C13H13NO2/c15-10-7-11-1-3-12(4-2-11)16-13-5-8-14-9-6-13/h1-6,8-9,15H,7,10H2. The van der Waals surface area contributed by atoms with E-state index in [2.05, 4.69) is 4.98 Å². The van der Waals surface area contributed by atoms with Crippen LogP contribution in [0.3, 0.4) is 0 Å². The van der Waals surface area contributed by atoms with E-state index < -0.39 is 0 Å². The van der Waals surface area contributed by atoms with E-state index in [1.54, 1.807) is 12.4 Å². The van der Waals surface area contributed by atoms with Crippen molar-refractivity contribution in [1.29, 1.82) is 0 Å². The monoisotopic (exact) mass is 215 g/mol. The molecular weight excluding hydrogens is 202 g/mol. The van der Waals surface area contributed by atoms with Crippen LogP contribution in [0.1, 0.15) is 5.56 Å². The van der Waals surface area contributed by atoms with Gasteiger partial charge in [0.25, 0.3) is 0 Å². The van der Waals surface area contributed by atoms with Gasteiger partial charge in [-0.05, 0) is 36.2 Å². The van der Waals surface area contributed by atoms with E-state index in [-0.39, 0.29) is 6.61 Å². The van der Waals surface area contributed by atoms with Gasteiger partial charge in [0.15, 0.2) is 0 Å². The summed E-state index contributed by atoms with van der Waals surface area (Å²) in [5, 5.41) is 8.79. The minimum absolute atomic E-state index is 0.171. The lowest BCUT2D eigenvalue weighted by molar-refractivity contribution is 0.299. The third kappa shape index (κ3) is 2.81. The second kappa shape index (κ2) is 5.28. The Kier molecular flexibility index (Phi) is 3.51. The molecule has 0 aliphatic carbocycles. The normalized spacial score (nSPS) is 10.1. The van der Waals surface area contributed by atoms with Crippen LogP contribution in [0.4, 0.5) is 0 Å². The maximum absolute atomic E-state index is 8.79. The minimum atomic E-state index is 0.171. The van der Waals surface area contributed by atoms with Crippen molar-refractivity contribution in [2.45, 2.75) is 6.42 Å². The fourth-order valence-corrected chi connectivity index (χ4v) is 1.40. The molecule has 82 valence electrons. The molecule has 0 aliphatic heterocycles. The highest BCUT2D eigenvalue weighted by molar-refractivity contribution is 5.32. The molecule has 2 aromatic rings. The fourth-order valence-electron chi connectivity index (χ4n) is 1.40. The van der Waals surface area contributed by atoms with Gasteiger partial charge in [0.05, 0.1) is 0 Å².